The van der Waals surface area contributed by atoms with Crippen molar-refractivity contribution in [2.45, 2.75) is 18.3 Å². The summed E-state index contributed by atoms with van der Waals surface area (Å²) in [5, 5.41) is 9.58. The number of hydrogen-bond acceptors (Lipinski definition) is 6. The van der Waals surface area contributed by atoms with E-state index < -0.39 is 17.4 Å². The normalized spacial score (nSPS) is 10.4. The van der Waals surface area contributed by atoms with Crippen LogP contribution < -0.4 is 4.74 Å². The summed E-state index contributed by atoms with van der Waals surface area (Å²) in [5.74, 6) is -0.631. The summed E-state index contributed by atoms with van der Waals surface area (Å²) >= 11 is 0. The Bertz CT molecular complexity index is 543. The standard InChI is InChI=1S/C15H17NO5/c1-19-12-6-4-5-11(7-12)15(10-16,8-13(17)20-2)9-14(18)21-3/h4-7H,8-9H2,1-3H3. The Morgan fingerprint density at radius 3 is 2.14 bits per heavy atom. The molecule has 0 amide bonds. The Balaban J connectivity index is 3.30. The van der Waals surface area contributed by atoms with Gasteiger partial charge in [0.1, 0.15) is 11.2 Å². The molecule has 0 unspecified atom stereocenters. The number of hydrogen-bond donors (Lipinski definition) is 0. The van der Waals surface area contributed by atoms with E-state index in [0.717, 1.165) is 0 Å². The maximum absolute atomic E-state index is 11.6. The second-order valence-electron chi connectivity index (χ2n) is 4.43. The average Bonchev–Trinajstić information content (AvgIpc) is 2.53. The van der Waals surface area contributed by atoms with Crippen LogP contribution in [0.2, 0.25) is 0 Å². The quantitative estimate of drug-likeness (QED) is 0.740. The number of carbonyl (C=O) groups excluding carboxylic acids is 2. The summed E-state index contributed by atoms with van der Waals surface area (Å²) in [6.45, 7) is 0. The molecule has 1 aromatic rings. The minimum Gasteiger partial charge on any atom is -0.497 e. The highest BCUT2D eigenvalue weighted by Gasteiger charge is 2.38. The van der Waals surface area contributed by atoms with E-state index in [0.29, 0.717) is 11.3 Å². The molecule has 112 valence electrons. The van der Waals surface area contributed by atoms with Crippen LogP contribution in [0, 0.1) is 11.3 Å². The Morgan fingerprint density at radius 2 is 1.71 bits per heavy atom. The number of nitriles is 1. The van der Waals surface area contributed by atoms with Crippen molar-refractivity contribution in [3.05, 3.63) is 29.8 Å². The fraction of sp³-hybridized carbons (Fsp3) is 0.400. The van der Waals surface area contributed by atoms with Crippen molar-refractivity contribution < 1.29 is 23.8 Å². The number of esters is 2. The molecule has 0 aliphatic rings. The number of benzene rings is 1. The maximum atomic E-state index is 11.6. The van der Waals surface area contributed by atoms with Crippen LogP contribution in [0.3, 0.4) is 0 Å². The molecule has 21 heavy (non-hydrogen) atoms. The van der Waals surface area contributed by atoms with Gasteiger partial charge in [0.2, 0.25) is 0 Å². The molecule has 0 saturated carbocycles. The molecular weight excluding hydrogens is 274 g/mol. The first-order valence-corrected chi connectivity index (χ1v) is 6.20. The van der Waals surface area contributed by atoms with Crippen molar-refractivity contribution in [2.24, 2.45) is 0 Å². The fourth-order valence-corrected chi connectivity index (χ4v) is 1.97. The summed E-state index contributed by atoms with van der Waals surface area (Å²) in [6, 6.07) is 8.74. The lowest BCUT2D eigenvalue weighted by atomic mass is 9.76. The minimum atomic E-state index is -1.35. The van der Waals surface area contributed by atoms with Crippen LogP contribution in [-0.2, 0) is 24.5 Å². The molecule has 0 radical (unpaired) electrons. The molecule has 0 spiro atoms. The van der Waals surface area contributed by atoms with E-state index in [2.05, 4.69) is 15.5 Å². The van der Waals surface area contributed by atoms with E-state index >= 15 is 0 Å². The van der Waals surface area contributed by atoms with Crippen LogP contribution in [0.25, 0.3) is 0 Å². The largest absolute Gasteiger partial charge is 0.497 e. The lowest BCUT2D eigenvalue weighted by Crippen LogP contribution is -2.31. The van der Waals surface area contributed by atoms with Crippen molar-refractivity contribution in [1.82, 2.24) is 0 Å². The summed E-state index contributed by atoms with van der Waals surface area (Å²) in [5.41, 5.74) is -0.852. The van der Waals surface area contributed by atoms with Crippen molar-refractivity contribution >= 4 is 11.9 Å². The van der Waals surface area contributed by atoms with E-state index in [4.69, 9.17) is 4.74 Å². The summed E-state index contributed by atoms with van der Waals surface area (Å²) in [7, 11) is 3.95. The molecule has 0 bridgehead atoms. The Labute approximate surface area is 123 Å². The van der Waals surface area contributed by atoms with Gasteiger partial charge in [0.25, 0.3) is 0 Å². The van der Waals surface area contributed by atoms with Crippen LogP contribution >= 0.6 is 0 Å². The Morgan fingerprint density at radius 1 is 1.14 bits per heavy atom. The average molecular weight is 291 g/mol. The predicted octanol–water partition coefficient (Wildman–Crippen LogP) is 1.58. The van der Waals surface area contributed by atoms with Gasteiger partial charge in [-0.1, -0.05) is 12.1 Å². The van der Waals surface area contributed by atoms with Gasteiger partial charge in [0.15, 0.2) is 0 Å². The van der Waals surface area contributed by atoms with E-state index in [1.165, 1.54) is 21.3 Å². The van der Waals surface area contributed by atoms with Gasteiger partial charge in [0, 0.05) is 0 Å². The van der Waals surface area contributed by atoms with Crippen molar-refractivity contribution in [1.29, 1.82) is 5.26 Å². The topological polar surface area (TPSA) is 85.6 Å². The second kappa shape index (κ2) is 7.29. The third-order valence-corrected chi connectivity index (χ3v) is 3.18. The lowest BCUT2D eigenvalue weighted by Gasteiger charge is -2.25. The number of rotatable bonds is 6. The summed E-state index contributed by atoms with van der Waals surface area (Å²) in [6.07, 6.45) is -0.496. The van der Waals surface area contributed by atoms with Crippen molar-refractivity contribution in [3.8, 4) is 11.8 Å². The molecule has 0 heterocycles. The molecule has 6 heteroatoms. The first-order chi connectivity index (χ1) is 10.0. The molecule has 0 saturated heterocycles. The minimum absolute atomic E-state index is 0.248. The maximum Gasteiger partial charge on any atom is 0.307 e. The van der Waals surface area contributed by atoms with Crippen LogP contribution in [-0.4, -0.2) is 33.3 Å². The van der Waals surface area contributed by atoms with Crippen LogP contribution in [0.1, 0.15) is 18.4 Å². The number of methoxy groups -OCH3 is 3. The van der Waals surface area contributed by atoms with Gasteiger partial charge in [-0.15, -0.1) is 0 Å². The van der Waals surface area contributed by atoms with Crippen molar-refractivity contribution in [3.63, 3.8) is 0 Å². The van der Waals surface area contributed by atoms with E-state index in [1.807, 2.05) is 0 Å². The van der Waals surface area contributed by atoms with E-state index in [-0.39, 0.29) is 12.8 Å². The lowest BCUT2D eigenvalue weighted by molar-refractivity contribution is -0.144. The van der Waals surface area contributed by atoms with Crippen molar-refractivity contribution in [2.75, 3.05) is 21.3 Å². The Hall–Kier alpha value is -2.55. The van der Waals surface area contributed by atoms with E-state index in [9.17, 15) is 14.9 Å². The molecule has 1 aromatic carbocycles. The third kappa shape index (κ3) is 3.96. The van der Waals surface area contributed by atoms with Crippen LogP contribution in [0.4, 0.5) is 0 Å². The highest BCUT2D eigenvalue weighted by molar-refractivity contribution is 5.77. The zero-order valence-electron chi connectivity index (χ0n) is 12.2. The molecule has 0 aromatic heterocycles. The number of nitrogens with zero attached hydrogens (tertiary/aromatic N) is 1. The van der Waals surface area contributed by atoms with Gasteiger partial charge in [-0.3, -0.25) is 9.59 Å². The first kappa shape index (κ1) is 16.5. The predicted molar refractivity (Wildman–Crippen MR) is 73.6 cm³/mol. The Kier molecular flexibility index (Phi) is 5.73. The molecule has 6 nitrogen and oxygen atoms in total. The molecule has 0 fully saturated rings. The van der Waals surface area contributed by atoms with Crippen LogP contribution in [0.15, 0.2) is 24.3 Å². The van der Waals surface area contributed by atoms with Gasteiger partial charge in [-0.2, -0.15) is 5.26 Å². The molecule has 0 atom stereocenters. The molecule has 0 N–H and O–H groups in total. The molecule has 0 aliphatic carbocycles. The highest BCUT2D eigenvalue weighted by Crippen LogP contribution is 2.34. The smallest absolute Gasteiger partial charge is 0.307 e. The van der Waals surface area contributed by atoms with Gasteiger partial charge in [0.05, 0.1) is 40.2 Å². The summed E-state index contributed by atoms with van der Waals surface area (Å²) < 4.78 is 14.4. The van der Waals surface area contributed by atoms with Crippen LogP contribution in [0.5, 0.6) is 5.75 Å². The van der Waals surface area contributed by atoms with Gasteiger partial charge in [-0.25, -0.2) is 0 Å². The second-order valence-corrected chi connectivity index (χ2v) is 4.43. The monoisotopic (exact) mass is 291 g/mol. The number of carbonyl (C=O) groups is 2. The third-order valence-electron chi connectivity index (χ3n) is 3.18. The zero-order chi connectivity index (χ0) is 15.9. The molecule has 1 rings (SSSR count). The molecular formula is C15H17NO5. The summed E-state index contributed by atoms with van der Waals surface area (Å²) in [4.78, 5) is 23.3. The number of ether oxygens (including phenoxy) is 3. The fourth-order valence-electron chi connectivity index (χ4n) is 1.97. The zero-order valence-corrected chi connectivity index (χ0v) is 12.2. The van der Waals surface area contributed by atoms with Gasteiger partial charge < -0.3 is 14.2 Å². The van der Waals surface area contributed by atoms with Gasteiger partial charge >= 0.3 is 11.9 Å². The molecule has 0 aliphatic heterocycles. The van der Waals surface area contributed by atoms with Gasteiger partial charge in [-0.05, 0) is 17.7 Å². The highest BCUT2D eigenvalue weighted by atomic mass is 16.5. The van der Waals surface area contributed by atoms with E-state index in [1.54, 1.807) is 24.3 Å². The SMILES string of the molecule is COC(=O)CC(C#N)(CC(=O)OC)c1cccc(OC)c1. The first-order valence-electron chi connectivity index (χ1n) is 6.20.